The average Bonchev–Trinajstić information content (AvgIpc) is 2.54. The van der Waals surface area contributed by atoms with Gasteiger partial charge in [-0.25, -0.2) is 9.97 Å². The quantitative estimate of drug-likeness (QED) is 0.356. The van der Waals surface area contributed by atoms with Crippen LogP contribution in [-0.4, -0.2) is 44.0 Å². The van der Waals surface area contributed by atoms with Crippen molar-refractivity contribution in [1.82, 2.24) is 14.9 Å². The number of carbonyl (C=O) groups is 1. The molecule has 0 radical (unpaired) electrons. The molecule has 8 heteroatoms. The predicted octanol–water partition coefficient (Wildman–Crippen LogP) is 1.77. The topological polar surface area (TPSA) is 92.3 Å². The second-order valence-corrected chi connectivity index (χ2v) is 6.54. The number of aliphatic hydroxyl groups excluding tert-OH is 1. The van der Waals surface area contributed by atoms with Crippen LogP contribution in [0.4, 0.5) is 5.82 Å². The van der Waals surface area contributed by atoms with E-state index < -0.39 is 0 Å². The number of nitrogens with zero attached hydrogens (tertiary/aromatic N) is 3. The van der Waals surface area contributed by atoms with Gasteiger partial charge in [0.2, 0.25) is 6.41 Å². The number of rotatable bonds is 9. The van der Waals surface area contributed by atoms with Crippen molar-refractivity contribution in [3.8, 4) is 0 Å². The summed E-state index contributed by atoms with van der Waals surface area (Å²) < 4.78 is 0. The van der Waals surface area contributed by atoms with Gasteiger partial charge in [0.05, 0.1) is 18.4 Å². The van der Waals surface area contributed by atoms with E-state index in [1.54, 1.807) is 26.1 Å². The van der Waals surface area contributed by atoms with E-state index in [-0.39, 0.29) is 18.4 Å². The van der Waals surface area contributed by atoms with Crippen molar-refractivity contribution >= 4 is 36.6 Å². The molecular formula is C15H22N4O2S2. The lowest BCUT2D eigenvalue weighted by Crippen LogP contribution is -2.24. The fourth-order valence-corrected chi connectivity index (χ4v) is 3.07. The molecule has 0 aliphatic rings. The Bertz CT molecular complexity index is 593. The number of aromatic nitrogens is 2. The number of aliphatic hydroxyl groups is 1. The molecular weight excluding hydrogens is 332 g/mol. The van der Waals surface area contributed by atoms with Gasteiger partial charge in [0.1, 0.15) is 11.6 Å². The number of nitrogens with two attached hydrogens (primary N) is 1. The molecule has 0 aliphatic carbocycles. The summed E-state index contributed by atoms with van der Waals surface area (Å²) in [6.45, 7) is 7.35. The third-order valence-electron chi connectivity index (χ3n) is 3.17. The van der Waals surface area contributed by atoms with Gasteiger partial charge in [-0.15, -0.1) is 31.0 Å². The summed E-state index contributed by atoms with van der Waals surface area (Å²) in [6, 6.07) is 0. The van der Waals surface area contributed by atoms with Crippen LogP contribution < -0.4 is 5.73 Å². The van der Waals surface area contributed by atoms with Crippen LogP contribution in [0, 0.1) is 6.92 Å². The molecule has 0 fully saturated rings. The Kier molecular flexibility index (Phi) is 8.15. The zero-order chi connectivity index (χ0) is 17.4. The summed E-state index contributed by atoms with van der Waals surface area (Å²) in [5.74, 6) is 1.60. The number of anilines is 1. The van der Waals surface area contributed by atoms with Gasteiger partial charge in [-0.3, -0.25) is 4.79 Å². The summed E-state index contributed by atoms with van der Waals surface area (Å²) in [5.41, 5.74) is 7.18. The number of thioether (sulfide) groups is 1. The Morgan fingerprint density at radius 2 is 2.35 bits per heavy atom. The second kappa shape index (κ2) is 9.59. The first-order chi connectivity index (χ1) is 10.9. The molecule has 1 aromatic rings. The summed E-state index contributed by atoms with van der Waals surface area (Å²) >= 11 is 5.98. The van der Waals surface area contributed by atoms with E-state index in [9.17, 15) is 9.90 Å². The van der Waals surface area contributed by atoms with Crippen LogP contribution in [0.15, 0.2) is 29.5 Å². The first kappa shape index (κ1) is 19.5. The third-order valence-corrected chi connectivity index (χ3v) is 5.20. The molecule has 0 bridgehead atoms. The lowest BCUT2D eigenvalue weighted by atomic mass is 10.2. The summed E-state index contributed by atoms with van der Waals surface area (Å²) in [4.78, 5) is 21.8. The molecule has 0 aliphatic heterocycles. The van der Waals surface area contributed by atoms with Crippen molar-refractivity contribution in [2.24, 2.45) is 0 Å². The monoisotopic (exact) mass is 354 g/mol. The SMILES string of the molecule is C=CCSC(CO)/C(S)=C(\C)N(C=O)Cc1cnc(C)nc1N. The van der Waals surface area contributed by atoms with E-state index in [0.717, 1.165) is 0 Å². The van der Waals surface area contributed by atoms with E-state index >= 15 is 0 Å². The normalized spacial score (nSPS) is 13.2. The van der Waals surface area contributed by atoms with Gasteiger partial charge in [0, 0.05) is 28.1 Å². The van der Waals surface area contributed by atoms with Crippen molar-refractivity contribution in [2.75, 3.05) is 18.1 Å². The minimum absolute atomic E-state index is 0.0723. The first-order valence-electron chi connectivity index (χ1n) is 6.97. The molecule has 23 heavy (non-hydrogen) atoms. The molecule has 1 amide bonds. The summed E-state index contributed by atoms with van der Waals surface area (Å²) in [6.07, 6.45) is 4.07. The Morgan fingerprint density at radius 1 is 1.65 bits per heavy atom. The maximum absolute atomic E-state index is 11.4. The van der Waals surface area contributed by atoms with E-state index in [0.29, 0.717) is 40.0 Å². The Morgan fingerprint density at radius 3 is 2.87 bits per heavy atom. The zero-order valence-electron chi connectivity index (χ0n) is 13.3. The van der Waals surface area contributed by atoms with Crippen LogP contribution in [-0.2, 0) is 11.3 Å². The molecule has 0 saturated carbocycles. The highest BCUT2D eigenvalue weighted by Crippen LogP contribution is 2.27. The van der Waals surface area contributed by atoms with Crippen molar-refractivity contribution in [3.05, 3.63) is 40.8 Å². The Balaban J connectivity index is 2.99. The maximum Gasteiger partial charge on any atom is 0.214 e. The van der Waals surface area contributed by atoms with E-state index in [1.165, 1.54) is 16.7 Å². The van der Waals surface area contributed by atoms with Gasteiger partial charge in [0.15, 0.2) is 0 Å². The number of amides is 1. The van der Waals surface area contributed by atoms with Gasteiger partial charge < -0.3 is 15.7 Å². The van der Waals surface area contributed by atoms with Crippen LogP contribution in [0.5, 0.6) is 0 Å². The number of allylic oxidation sites excluding steroid dienone is 1. The van der Waals surface area contributed by atoms with Gasteiger partial charge in [-0.1, -0.05) is 6.08 Å². The van der Waals surface area contributed by atoms with Crippen LogP contribution in [0.3, 0.4) is 0 Å². The van der Waals surface area contributed by atoms with Gasteiger partial charge >= 0.3 is 0 Å². The largest absolute Gasteiger partial charge is 0.395 e. The highest BCUT2D eigenvalue weighted by atomic mass is 32.2. The highest BCUT2D eigenvalue weighted by molar-refractivity contribution is 8.01. The van der Waals surface area contributed by atoms with Crippen molar-refractivity contribution in [2.45, 2.75) is 25.6 Å². The molecule has 3 N–H and O–H groups in total. The standard InChI is InChI=1S/C15H22N4O2S2/c1-4-5-23-13(8-20)14(22)10(2)19(9-21)7-12-6-17-11(3)18-15(12)16/h4,6,9,13,20,22H,1,5,7-8H2,2-3H3,(H2,16,17,18)/b14-10-. The van der Waals surface area contributed by atoms with Crippen molar-refractivity contribution in [1.29, 1.82) is 0 Å². The molecule has 1 heterocycles. The Hall–Kier alpha value is -1.51. The molecule has 0 aromatic carbocycles. The first-order valence-corrected chi connectivity index (χ1v) is 8.47. The average molecular weight is 355 g/mol. The number of hydrogen-bond donors (Lipinski definition) is 3. The Labute approximate surface area is 146 Å². The minimum Gasteiger partial charge on any atom is -0.395 e. The molecule has 6 nitrogen and oxygen atoms in total. The number of nitrogen functional groups attached to an aromatic ring is 1. The smallest absolute Gasteiger partial charge is 0.214 e. The van der Waals surface area contributed by atoms with Crippen LogP contribution in [0.1, 0.15) is 18.3 Å². The molecule has 1 aromatic heterocycles. The predicted molar refractivity (Wildman–Crippen MR) is 98.0 cm³/mol. The van der Waals surface area contributed by atoms with Crippen LogP contribution in [0.25, 0.3) is 0 Å². The van der Waals surface area contributed by atoms with Crippen molar-refractivity contribution in [3.63, 3.8) is 0 Å². The molecule has 126 valence electrons. The second-order valence-electron chi connectivity index (χ2n) is 4.82. The number of hydrogen-bond acceptors (Lipinski definition) is 7. The molecule has 0 saturated heterocycles. The van der Waals surface area contributed by atoms with E-state index in [1.807, 2.05) is 0 Å². The lowest BCUT2D eigenvalue weighted by molar-refractivity contribution is -0.116. The summed E-state index contributed by atoms with van der Waals surface area (Å²) in [7, 11) is 0. The lowest BCUT2D eigenvalue weighted by Gasteiger charge is -2.23. The van der Waals surface area contributed by atoms with Crippen LogP contribution >= 0.6 is 24.4 Å². The third kappa shape index (κ3) is 5.56. The van der Waals surface area contributed by atoms with Gasteiger partial charge in [-0.2, -0.15) is 0 Å². The van der Waals surface area contributed by atoms with Crippen LogP contribution in [0.2, 0.25) is 0 Å². The summed E-state index contributed by atoms with van der Waals surface area (Å²) in [5, 5.41) is 9.29. The maximum atomic E-state index is 11.4. The fraction of sp³-hybridized carbons (Fsp3) is 0.400. The number of thiol groups is 1. The van der Waals surface area contributed by atoms with Gasteiger partial charge in [-0.05, 0) is 13.8 Å². The zero-order valence-corrected chi connectivity index (χ0v) is 15.0. The molecule has 1 atom stereocenters. The fourth-order valence-electron chi connectivity index (χ4n) is 1.84. The molecule has 0 spiro atoms. The minimum atomic E-state index is -0.217. The van der Waals surface area contributed by atoms with E-state index in [2.05, 4.69) is 29.2 Å². The number of aryl methyl sites for hydroxylation is 1. The number of carbonyl (C=O) groups excluding carboxylic acids is 1. The molecule has 1 rings (SSSR count). The van der Waals surface area contributed by atoms with E-state index in [4.69, 9.17) is 5.73 Å². The van der Waals surface area contributed by atoms with Gasteiger partial charge in [0.25, 0.3) is 0 Å². The molecule has 1 unspecified atom stereocenters. The highest BCUT2D eigenvalue weighted by Gasteiger charge is 2.18. The van der Waals surface area contributed by atoms with Crippen molar-refractivity contribution < 1.29 is 9.90 Å².